The van der Waals surface area contributed by atoms with Gasteiger partial charge in [0.1, 0.15) is 0 Å². The number of aryl methyl sites for hydroxylation is 1. The summed E-state index contributed by atoms with van der Waals surface area (Å²) in [5, 5.41) is 1.04. The Morgan fingerprint density at radius 1 is 1.32 bits per heavy atom. The predicted octanol–water partition coefficient (Wildman–Crippen LogP) is 2.58. The maximum atomic E-state index is 5.75. The van der Waals surface area contributed by atoms with E-state index in [1.807, 2.05) is 0 Å². The van der Waals surface area contributed by atoms with E-state index < -0.39 is 0 Å². The van der Waals surface area contributed by atoms with E-state index in [1.165, 1.54) is 6.20 Å². The van der Waals surface area contributed by atoms with Crippen molar-refractivity contribution in [3.05, 3.63) is 16.1 Å². The number of hydrogen-bond acceptors (Lipinski definition) is 7. The van der Waals surface area contributed by atoms with Gasteiger partial charge in [-0.25, -0.2) is 9.97 Å². The summed E-state index contributed by atoms with van der Waals surface area (Å²) >= 11 is 1.65. The van der Waals surface area contributed by atoms with Crippen molar-refractivity contribution < 1.29 is 4.74 Å². The highest BCUT2D eigenvalue weighted by Gasteiger charge is 2.17. The molecule has 2 aromatic heterocycles. The van der Waals surface area contributed by atoms with Crippen LogP contribution in [-0.2, 0) is 6.42 Å². The second kappa shape index (κ2) is 5.40. The third-order valence-corrected chi connectivity index (χ3v) is 3.98. The number of nitrogens with two attached hydrogens (primary N) is 2. The second-order valence-electron chi connectivity index (χ2n) is 4.37. The molecule has 0 saturated carbocycles. The molecule has 0 fully saturated rings. The highest BCUT2D eigenvalue weighted by molar-refractivity contribution is 7.12. The lowest BCUT2D eigenvalue weighted by molar-refractivity contribution is 0.455. The van der Waals surface area contributed by atoms with Crippen LogP contribution in [0.4, 0.5) is 11.8 Å². The first kappa shape index (κ1) is 13.5. The molecule has 0 aliphatic rings. The summed E-state index contributed by atoms with van der Waals surface area (Å²) < 4.78 is 5.73. The minimum atomic E-state index is 0.126. The fourth-order valence-electron chi connectivity index (χ4n) is 1.53. The minimum Gasteiger partial charge on any atom is -0.432 e. The third kappa shape index (κ3) is 2.93. The van der Waals surface area contributed by atoms with Gasteiger partial charge in [0, 0.05) is 0 Å². The van der Waals surface area contributed by atoms with Crippen LogP contribution in [0.15, 0.2) is 6.20 Å². The minimum absolute atomic E-state index is 0.126. The van der Waals surface area contributed by atoms with E-state index in [4.69, 9.17) is 16.2 Å². The fraction of sp³-hybridized carbons (Fsp3) is 0.417. The number of anilines is 2. The molecule has 2 rings (SSSR count). The number of nitrogens with zero attached hydrogens (tertiary/aromatic N) is 3. The van der Waals surface area contributed by atoms with Gasteiger partial charge in [0.2, 0.25) is 11.8 Å². The van der Waals surface area contributed by atoms with E-state index in [2.05, 4.69) is 35.7 Å². The number of thiazole rings is 1. The maximum absolute atomic E-state index is 5.75. The molecule has 2 heterocycles. The van der Waals surface area contributed by atoms with Crippen LogP contribution in [0, 0.1) is 0 Å². The molecule has 0 aliphatic heterocycles. The molecule has 2 aromatic rings. The van der Waals surface area contributed by atoms with Crippen molar-refractivity contribution in [3.63, 3.8) is 0 Å². The van der Waals surface area contributed by atoms with Crippen LogP contribution < -0.4 is 16.2 Å². The zero-order valence-electron chi connectivity index (χ0n) is 11.2. The molecule has 0 bridgehead atoms. The number of ether oxygens (including phenoxy) is 1. The van der Waals surface area contributed by atoms with Crippen LogP contribution in [0.2, 0.25) is 0 Å². The highest BCUT2D eigenvalue weighted by Crippen LogP contribution is 2.36. The zero-order chi connectivity index (χ0) is 14.0. The van der Waals surface area contributed by atoms with Crippen LogP contribution in [-0.4, -0.2) is 15.0 Å². The van der Waals surface area contributed by atoms with Gasteiger partial charge < -0.3 is 16.2 Å². The molecule has 0 aliphatic carbocycles. The molecule has 0 spiro atoms. The van der Waals surface area contributed by atoms with Crippen LogP contribution in [0.25, 0.3) is 0 Å². The molecular weight excluding hydrogens is 262 g/mol. The molecule has 0 atom stereocenters. The monoisotopic (exact) mass is 279 g/mol. The lowest BCUT2D eigenvalue weighted by Crippen LogP contribution is -2.02. The average Bonchev–Trinajstić information content (AvgIpc) is 2.76. The number of aromatic nitrogens is 3. The molecule has 4 N–H and O–H groups in total. The standard InChI is InChI=1S/C12H17N5OS/c1-4-8-16-11(9(19-8)6(2)3)18-7-5-15-12(14)17-10(7)13/h5-6H,4H2,1-3H3,(H4,13,14,15,17). The Morgan fingerprint density at radius 3 is 2.63 bits per heavy atom. The Morgan fingerprint density at radius 2 is 2.05 bits per heavy atom. The first-order valence-electron chi connectivity index (χ1n) is 6.06. The summed E-state index contributed by atoms with van der Waals surface area (Å²) in [5.74, 6) is 1.64. The van der Waals surface area contributed by atoms with E-state index in [9.17, 15) is 0 Å². The van der Waals surface area contributed by atoms with Crippen LogP contribution in [0.5, 0.6) is 11.6 Å². The maximum Gasteiger partial charge on any atom is 0.234 e. The highest BCUT2D eigenvalue weighted by atomic mass is 32.1. The average molecular weight is 279 g/mol. The van der Waals surface area contributed by atoms with E-state index in [0.29, 0.717) is 17.5 Å². The van der Waals surface area contributed by atoms with E-state index >= 15 is 0 Å². The molecule has 0 unspecified atom stereocenters. The van der Waals surface area contributed by atoms with Crippen molar-refractivity contribution in [2.45, 2.75) is 33.1 Å². The van der Waals surface area contributed by atoms with E-state index in [0.717, 1.165) is 16.3 Å². The van der Waals surface area contributed by atoms with Crippen molar-refractivity contribution in [2.24, 2.45) is 0 Å². The SMILES string of the molecule is CCc1nc(Oc2cnc(N)nc2N)c(C(C)C)s1. The molecule has 6 nitrogen and oxygen atoms in total. The first-order chi connectivity index (χ1) is 9.01. The molecule has 102 valence electrons. The van der Waals surface area contributed by atoms with Gasteiger partial charge in [0.05, 0.1) is 16.1 Å². The number of rotatable bonds is 4. The lowest BCUT2D eigenvalue weighted by Gasteiger charge is -2.08. The molecule has 0 aromatic carbocycles. The zero-order valence-corrected chi connectivity index (χ0v) is 12.0. The van der Waals surface area contributed by atoms with Crippen LogP contribution in [0.1, 0.15) is 36.6 Å². The number of nitrogen functional groups attached to an aromatic ring is 2. The molecule has 0 saturated heterocycles. The van der Waals surface area contributed by atoms with Crippen molar-refractivity contribution in [3.8, 4) is 11.6 Å². The normalized spacial score (nSPS) is 10.9. The summed E-state index contributed by atoms with van der Waals surface area (Å²) in [6.45, 7) is 6.26. The summed E-state index contributed by atoms with van der Waals surface area (Å²) in [7, 11) is 0. The van der Waals surface area contributed by atoms with E-state index in [1.54, 1.807) is 11.3 Å². The fourth-order valence-corrected chi connectivity index (χ4v) is 2.47. The quantitative estimate of drug-likeness (QED) is 0.892. The lowest BCUT2D eigenvalue weighted by atomic mass is 10.2. The van der Waals surface area contributed by atoms with Gasteiger partial charge in [-0.2, -0.15) is 4.98 Å². The van der Waals surface area contributed by atoms with Gasteiger partial charge in [-0.15, -0.1) is 11.3 Å². The molecule has 0 amide bonds. The molecule has 0 radical (unpaired) electrons. The Kier molecular flexibility index (Phi) is 3.84. The van der Waals surface area contributed by atoms with Crippen molar-refractivity contribution in [2.75, 3.05) is 11.5 Å². The van der Waals surface area contributed by atoms with Crippen molar-refractivity contribution in [1.29, 1.82) is 0 Å². The van der Waals surface area contributed by atoms with E-state index in [-0.39, 0.29) is 11.8 Å². The van der Waals surface area contributed by atoms with Gasteiger partial charge in [-0.3, -0.25) is 0 Å². The van der Waals surface area contributed by atoms with Gasteiger partial charge in [-0.05, 0) is 12.3 Å². The second-order valence-corrected chi connectivity index (χ2v) is 5.48. The number of hydrogen-bond donors (Lipinski definition) is 2. The largest absolute Gasteiger partial charge is 0.432 e. The molecule has 7 heteroatoms. The van der Waals surface area contributed by atoms with Crippen molar-refractivity contribution >= 4 is 23.1 Å². The summed E-state index contributed by atoms with van der Waals surface area (Å²) in [6.07, 6.45) is 2.34. The topological polar surface area (TPSA) is 99.9 Å². The van der Waals surface area contributed by atoms with Gasteiger partial charge in [0.15, 0.2) is 11.6 Å². The molecule has 19 heavy (non-hydrogen) atoms. The van der Waals surface area contributed by atoms with Gasteiger partial charge >= 0.3 is 0 Å². The Bertz CT molecular complexity index is 581. The summed E-state index contributed by atoms with van der Waals surface area (Å²) in [4.78, 5) is 13.3. The van der Waals surface area contributed by atoms with Crippen molar-refractivity contribution in [1.82, 2.24) is 15.0 Å². The summed E-state index contributed by atoms with van der Waals surface area (Å²) in [6, 6.07) is 0. The van der Waals surface area contributed by atoms with Gasteiger partial charge in [0.25, 0.3) is 0 Å². The third-order valence-electron chi connectivity index (χ3n) is 2.50. The first-order valence-corrected chi connectivity index (χ1v) is 6.88. The Balaban J connectivity index is 2.34. The Labute approximate surface area is 115 Å². The molecular formula is C12H17N5OS. The van der Waals surface area contributed by atoms with Crippen LogP contribution >= 0.6 is 11.3 Å². The predicted molar refractivity (Wildman–Crippen MR) is 76.5 cm³/mol. The van der Waals surface area contributed by atoms with Crippen LogP contribution in [0.3, 0.4) is 0 Å². The summed E-state index contributed by atoms with van der Waals surface area (Å²) in [5.41, 5.74) is 11.2. The Hall–Kier alpha value is -1.89. The van der Waals surface area contributed by atoms with Gasteiger partial charge in [-0.1, -0.05) is 20.8 Å². The smallest absolute Gasteiger partial charge is 0.234 e.